The summed E-state index contributed by atoms with van der Waals surface area (Å²) >= 11 is 6.20. The van der Waals surface area contributed by atoms with Crippen LogP contribution in [0.15, 0.2) is 38.2 Å². The molecule has 8 nitrogen and oxygen atoms in total. The highest BCUT2D eigenvalue weighted by molar-refractivity contribution is 6.32. The Hall–Kier alpha value is -2.74. The standard InChI is InChI=1S/C15H13ClN2O6/c1-8(14-17-3-5-22-14)23-11-7-12-10(6-9(11)16)18(15(21)24-12)4-2-13(19)20/h3,5-8H,2,4H2,1H3,(H,19,20). The summed E-state index contributed by atoms with van der Waals surface area (Å²) in [6.07, 6.45) is 2.24. The van der Waals surface area contributed by atoms with Crippen LogP contribution in [0.4, 0.5) is 0 Å². The minimum absolute atomic E-state index is 0.00951. The first kappa shape index (κ1) is 16.1. The Balaban J connectivity index is 1.93. The average molecular weight is 353 g/mol. The molecule has 2 aromatic heterocycles. The highest BCUT2D eigenvalue weighted by Gasteiger charge is 2.18. The smallest absolute Gasteiger partial charge is 0.419 e. The Bertz CT molecular complexity index is 927. The van der Waals surface area contributed by atoms with Crippen LogP contribution < -0.4 is 10.5 Å². The fourth-order valence-corrected chi connectivity index (χ4v) is 2.45. The number of carboxylic acids is 1. The number of hydrogen-bond acceptors (Lipinski definition) is 6. The largest absolute Gasteiger partial charge is 0.481 e. The van der Waals surface area contributed by atoms with Gasteiger partial charge in [0.25, 0.3) is 0 Å². The molecule has 0 saturated heterocycles. The number of benzene rings is 1. The van der Waals surface area contributed by atoms with Gasteiger partial charge in [0, 0.05) is 12.6 Å². The van der Waals surface area contributed by atoms with Crippen molar-refractivity contribution in [2.45, 2.75) is 26.0 Å². The zero-order valence-electron chi connectivity index (χ0n) is 12.6. The predicted octanol–water partition coefficient (Wildman–Crippen LogP) is 2.85. The van der Waals surface area contributed by atoms with Gasteiger partial charge in [0.2, 0.25) is 5.89 Å². The minimum Gasteiger partial charge on any atom is -0.481 e. The van der Waals surface area contributed by atoms with Gasteiger partial charge in [0.05, 0.1) is 23.2 Å². The van der Waals surface area contributed by atoms with Crippen LogP contribution in [0.5, 0.6) is 5.75 Å². The molecule has 3 aromatic rings. The molecular weight excluding hydrogens is 340 g/mol. The lowest BCUT2D eigenvalue weighted by atomic mass is 10.3. The predicted molar refractivity (Wildman–Crippen MR) is 83.3 cm³/mol. The van der Waals surface area contributed by atoms with Gasteiger partial charge in [-0.2, -0.15) is 0 Å². The first-order chi connectivity index (χ1) is 11.5. The van der Waals surface area contributed by atoms with Crippen LogP contribution in [-0.4, -0.2) is 20.6 Å². The van der Waals surface area contributed by atoms with E-state index in [0.29, 0.717) is 17.2 Å². The number of hydrogen-bond donors (Lipinski definition) is 1. The molecule has 1 N–H and O–H groups in total. The number of aromatic nitrogens is 2. The summed E-state index contributed by atoms with van der Waals surface area (Å²) < 4.78 is 17.2. The van der Waals surface area contributed by atoms with Gasteiger partial charge in [0.15, 0.2) is 11.7 Å². The van der Waals surface area contributed by atoms with Crippen LogP contribution in [0, 0.1) is 0 Å². The van der Waals surface area contributed by atoms with Gasteiger partial charge in [-0.3, -0.25) is 9.36 Å². The summed E-state index contributed by atoms with van der Waals surface area (Å²) in [6, 6.07) is 2.98. The Kier molecular flexibility index (Phi) is 4.30. The number of carbonyl (C=O) groups is 1. The van der Waals surface area contributed by atoms with E-state index in [1.165, 1.54) is 29.2 Å². The summed E-state index contributed by atoms with van der Waals surface area (Å²) in [6.45, 7) is 1.73. The third-order valence-corrected chi connectivity index (χ3v) is 3.67. The van der Waals surface area contributed by atoms with Crippen molar-refractivity contribution in [3.8, 4) is 5.75 Å². The number of nitrogens with zero attached hydrogens (tertiary/aromatic N) is 2. The number of carboxylic acid groups (broad SMARTS) is 1. The van der Waals surface area contributed by atoms with Crippen LogP contribution in [0.1, 0.15) is 25.3 Å². The van der Waals surface area contributed by atoms with Gasteiger partial charge in [-0.25, -0.2) is 9.78 Å². The normalized spacial score (nSPS) is 12.4. The van der Waals surface area contributed by atoms with E-state index in [-0.39, 0.29) is 23.6 Å². The fourth-order valence-electron chi connectivity index (χ4n) is 2.25. The van der Waals surface area contributed by atoms with Gasteiger partial charge in [-0.15, -0.1) is 0 Å². The van der Waals surface area contributed by atoms with E-state index in [2.05, 4.69) is 4.98 Å². The van der Waals surface area contributed by atoms with E-state index >= 15 is 0 Å². The molecule has 1 atom stereocenters. The molecule has 9 heteroatoms. The second-order valence-electron chi connectivity index (χ2n) is 5.04. The Morgan fingerprint density at radius 2 is 2.29 bits per heavy atom. The van der Waals surface area contributed by atoms with Crippen LogP contribution >= 0.6 is 11.6 Å². The molecule has 0 amide bonds. The SMILES string of the molecule is CC(Oc1cc2oc(=O)n(CCC(=O)O)c2cc1Cl)c1ncco1. The molecule has 0 radical (unpaired) electrons. The second-order valence-corrected chi connectivity index (χ2v) is 5.45. The molecule has 3 rings (SSSR count). The van der Waals surface area contributed by atoms with Gasteiger partial charge >= 0.3 is 11.7 Å². The summed E-state index contributed by atoms with van der Waals surface area (Å²) in [7, 11) is 0. The van der Waals surface area contributed by atoms with Crippen molar-refractivity contribution in [2.24, 2.45) is 0 Å². The number of ether oxygens (including phenoxy) is 1. The third kappa shape index (κ3) is 3.13. The van der Waals surface area contributed by atoms with Crippen molar-refractivity contribution < 1.29 is 23.5 Å². The van der Waals surface area contributed by atoms with Crippen molar-refractivity contribution in [1.82, 2.24) is 9.55 Å². The van der Waals surface area contributed by atoms with Crippen LogP contribution in [0.25, 0.3) is 11.1 Å². The topological polar surface area (TPSA) is 108 Å². The van der Waals surface area contributed by atoms with Crippen molar-refractivity contribution in [2.75, 3.05) is 0 Å². The summed E-state index contributed by atoms with van der Waals surface area (Å²) in [5.74, 6) is -0.983. The number of oxazole rings is 2. The molecule has 1 aromatic carbocycles. The molecule has 0 saturated carbocycles. The average Bonchev–Trinajstić information content (AvgIpc) is 3.14. The molecule has 0 aliphatic carbocycles. The van der Waals surface area contributed by atoms with Gasteiger partial charge in [-0.1, -0.05) is 11.6 Å². The molecule has 0 bridgehead atoms. The van der Waals surface area contributed by atoms with Gasteiger partial charge in [0.1, 0.15) is 12.0 Å². The number of aryl methyl sites for hydroxylation is 1. The first-order valence-corrected chi connectivity index (χ1v) is 7.44. The Labute approximate surface area is 140 Å². The number of rotatable bonds is 6. The number of halogens is 1. The van der Waals surface area contributed by atoms with Gasteiger partial charge in [-0.05, 0) is 13.0 Å². The molecule has 0 fully saturated rings. The molecule has 1 unspecified atom stereocenters. The molecule has 24 heavy (non-hydrogen) atoms. The van der Waals surface area contributed by atoms with Crippen LogP contribution in [-0.2, 0) is 11.3 Å². The quantitative estimate of drug-likeness (QED) is 0.726. The zero-order chi connectivity index (χ0) is 17.3. The van der Waals surface area contributed by atoms with Gasteiger partial charge < -0.3 is 18.7 Å². The second kappa shape index (κ2) is 6.40. The van der Waals surface area contributed by atoms with E-state index in [1.807, 2.05) is 0 Å². The minimum atomic E-state index is -1.01. The summed E-state index contributed by atoms with van der Waals surface area (Å²) in [5.41, 5.74) is 0.659. The summed E-state index contributed by atoms with van der Waals surface area (Å²) in [5, 5.41) is 9.01. The molecule has 0 aliphatic heterocycles. The maximum atomic E-state index is 11.9. The van der Waals surface area contributed by atoms with E-state index in [4.69, 9.17) is 30.3 Å². The van der Waals surface area contributed by atoms with Crippen molar-refractivity contribution in [3.63, 3.8) is 0 Å². The number of aliphatic carboxylic acids is 1. The highest BCUT2D eigenvalue weighted by atomic mass is 35.5. The number of fused-ring (bicyclic) bond motifs is 1. The molecule has 126 valence electrons. The van der Waals surface area contributed by atoms with Crippen molar-refractivity contribution in [3.05, 3.63) is 46.1 Å². The zero-order valence-corrected chi connectivity index (χ0v) is 13.3. The fraction of sp³-hybridized carbons (Fsp3) is 0.267. The maximum Gasteiger partial charge on any atom is 0.419 e. The Morgan fingerprint density at radius 3 is 2.96 bits per heavy atom. The third-order valence-electron chi connectivity index (χ3n) is 3.37. The van der Waals surface area contributed by atoms with Crippen molar-refractivity contribution >= 4 is 28.7 Å². The molecule has 0 spiro atoms. The van der Waals surface area contributed by atoms with E-state index in [1.54, 1.807) is 6.92 Å². The first-order valence-electron chi connectivity index (χ1n) is 7.06. The van der Waals surface area contributed by atoms with E-state index in [0.717, 1.165) is 0 Å². The highest BCUT2D eigenvalue weighted by Crippen LogP contribution is 2.32. The van der Waals surface area contributed by atoms with Crippen LogP contribution in [0.2, 0.25) is 5.02 Å². The Morgan fingerprint density at radius 1 is 1.50 bits per heavy atom. The molecular formula is C15H13ClN2O6. The maximum absolute atomic E-state index is 11.9. The van der Waals surface area contributed by atoms with Crippen molar-refractivity contribution in [1.29, 1.82) is 0 Å². The monoisotopic (exact) mass is 352 g/mol. The van der Waals surface area contributed by atoms with Crippen LogP contribution in [0.3, 0.4) is 0 Å². The van der Waals surface area contributed by atoms with E-state index in [9.17, 15) is 9.59 Å². The molecule has 2 heterocycles. The lowest BCUT2D eigenvalue weighted by Crippen LogP contribution is -2.16. The lowest BCUT2D eigenvalue weighted by molar-refractivity contribution is -0.137. The molecule has 0 aliphatic rings. The summed E-state index contributed by atoms with van der Waals surface area (Å²) in [4.78, 5) is 26.6. The lowest BCUT2D eigenvalue weighted by Gasteiger charge is -2.12. The van der Waals surface area contributed by atoms with E-state index < -0.39 is 17.8 Å².